The third kappa shape index (κ3) is 5.67. The molecule has 3 aromatic rings. The largest absolute Gasteiger partial charge is 0.493 e. The first-order valence-electron chi connectivity index (χ1n) is 10.5. The van der Waals surface area contributed by atoms with Crippen LogP contribution in [0.3, 0.4) is 0 Å². The second-order valence-corrected chi connectivity index (χ2v) is 9.03. The SMILES string of the molecule is COc1ccc(/C=C2\SC(=O)N(Cc3ccc(F)cc3Cl)C2=O)cc1OCc1ccc([N+](=O)[O-])cc1. The topological polar surface area (TPSA) is 99.0 Å². The van der Waals surface area contributed by atoms with Crippen LogP contribution >= 0.6 is 23.4 Å². The van der Waals surface area contributed by atoms with Crippen LogP contribution in [0.4, 0.5) is 14.9 Å². The molecule has 0 aromatic heterocycles. The van der Waals surface area contributed by atoms with E-state index in [2.05, 4.69) is 0 Å². The molecule has 0 N–H and O–H groups in total. The predicted octanol–water partition coefficient (Wildman–Crippen LogP) is 6.21. The van der Waals surface area contributed by atoms with Crippen molar-refractivity contribution in [1.29, 1.82) is 0 Å². The molecule has 1 aliphatic rings. The highest BCUT2D eigenvalue weighted by molar-refractivity contribution is 8.18. The molecule has 1 heterocycles. The first kappa shape index (κ1) is 25.2. The molecule has 1 saturated heterocycles. The summed E-state index contributed by atoms with van der Waals surface area (Å²) in [5.74, 6) is -0.159. The number of non-ortho nitro benzene ring substituents is 1. The predicted molar refractivity (Wildman–Crippen MR) is 133 cm³/mol. The van der Waals surface area contributed by atoms with Gasteiger partial charge < -0.3 is 9.47 Å². The third-order valence-electron chi connectivity index (χ3n) is 5.24. The van der Waals surface area contributed by atoms with E-state index in [1.165, 1.54) is 31.4 Å². The van der Waals surface area contributed by atoms with E-state index in [-0.39, 0.29) is 28.8 Å². The quantitative estimate of drug-likeness (QED) is 0.195. The molecular weight excluding hydrogens is 511 g/mol. The standard InChI is InChI=1S/C25H18ClFN2O6S/c1-34-21-9-4-16(10-22(21)35-14-15-2-7-19(8-3-15)29(32)33)11-23-24(30)28(25(31)36-23)13-17-5-6-18(27)12-20(17)26/h2-12H,13-14H2,1H3/b23-11-. The Morgan fingerprint density at radius 3 is 2.50 bits per heavy atom. The van der Waals surface area contributed by atoms with Crippen LogP contribution in [0.2, 0.25) is 5.02 Å². The number of carbonyl (C=O) groups is 2. The minimum Gasteiger partial charge on any atom is -0.493 e. The minimum absolute atomic E-state index is 0.0195. The molecule has 3 aromatic carbocycles. The smallest absolute Gasteiger partial charge is 0.293 e. The van der Waals surface area contributed by atoms with Crippen molar-refractivity contribution in [3.63, 3.8) is 0 Å². The van der Waals surface area contributed by atoms with Gasteiger partial charge in [-0.25, -0.2) is 4.39 Å². The zero-order valence-electron chi connectivity index (χ0n) is 18.8. The van der Waals surface area contributed by atoms with Gasteiger partial charge in [-0.15, -0.1) is 0 Å². The van der Waals surface area contributed by atoms with Crippen LogP contribution in [0.25, 0.3) is 6.08 Å². The van der Waals surface area contributed by atoms with Crippen LogP contribution in [0.15, 0.2) is 65.6 Å². The normalized spacial score (nSPS) is 14.4. The molecule has 4 rings (SSSR count). The first-order valence-corrected chi connectivity index (χ1v) is 11.7. The Hall–Kier alpha value is -3.89. The van der Waals surface area contributed by atoms with Crippen LogP contribution in [0.5, 0.6) is 11.5 Å². The van der Waals surface area contributed by atoms with Crippen LogP contribution < -0.4 is 9.47 Å². The Balaban J connectivity index is 1.50. The lowest BCUT2D eigenvalue weighted by Crippen LogP contribution is -2.27. The van der Waals surface area contributed by atoms with Crippen molar-refractivity contribution in [2.75, 3.05) is 7.11 Å². The van der Waals surface area contributed by atoms with Gasteiger partial charge in [-0.05, 0) is 70.9 Å². The van der Waals surface area contributed by atoms with Crippen molar-refractivity contribution in [2.24, 2.45) is 0 Å². The number of methoxy groups -OCH3 is 1. The minimum atomic E-state index is -0.510. The Labute approximate surface area is 214 Å². The van der Waals surface area contributed by atoms with Gasteiger partial charge in [0.05, 0.1) is 23.5 Å². The molecule has 0 spiro atoms. The van der Waals surface area contributed by atoms with Crippen LogP contribution in [0.1, 0.15) is 16.7 Å². The molecular formula is C25H18ClFN2O6S. The fourth-order valence-corrected chi connectivity index (χ4v) is 4.44. The second kappa shape index (κ2) is 10.8. The number of nitro benzene ring substituents is 1. The van der Waals surface area contributed by atoms with Gasteiger partial charge in [0, 0.05) is 17.2 Å². The number of benzene rings is 3. The number of hydrogen-bond acceptors (Lipinski definition) is 7. The van der Waals surface area contributed by atoms with E-state index in [9.17, 15) is 24.1 Å². The molecule has 11 heteroatoms. The Morgan fingerprint density at radius 2 is 1.83 bits per heavy atom. The lowest BCUT2D eigenvalue weighted by molar-refractivity contribution is -0.384. The zero-order chi connectivity index (χ0) is 25.8. The van der Waals surface area contributed by atoms with E-state index in [1.54, 1.807) is 36.4 Å². The number of thioether (sulfide) groups is 1. The van der Waals surface area contributed by atoms with Gasteiger partial charge in [0.2, 0.25) is 0 Å². The fourth-order valence-electron chi connectivity index (χ4n) is 3.38. The molecule has 2 amide bonds. The summed E-state index contributed by atoms with van der Waals surface area (Å²) in [5.41, 5.74) is 1.75. The van der Waals surface area contributed by atoms with Crippen LogP contribution in [0, 0.1) is 15.9 Å². The Morgan fingerprint density at radius 1 is 1.08 bits per heavy atom. The van der Waals surface area contributed by atoms with Crippen LogP contribution in [-0.4, -0.2) is 28.1 Å². The number of ether oxygens (including phenoxy) is 2. The average Bonchev–Trinajstić information content (AvgIpc) is 3.11. The monoisotopic (exact) mass is 528 g/mol. The maximum Gasteiger partial charge on any atom is 0.293 e. The van der Waals surface area contributed by atoms with E-state index in [0.717, 1.165) is 22.7 Å². The van der Waals surface area contributed by atoms with E-state index in [0.29, 0.717) is 28.2 Å². The highest BCUT2D eigenvalue weighted by Crippen LogP contribution is 2.36. The van der Waals surface area contributed by atoms with Crippen molar-refractivity contribution < 1.29 is 28.4 Å². The summed E-state index contributed by atoms with van der Waals surface area (Å²) in [6, 6.07) is 14.8. The highest BCUT2D eigenvalue weighted by atomic mass is 35.5. The van der Waals surface area contributed by atoms with Gasteiger partial charge in [0.15, 0.2) is 11.5 Å². The van der Waals surface area contributed by atoms with Gasteiger partial charge in [-0.1, -0.05) is 23.7 Å². The van der Waals surface area contributed by atoms with Gasteiger partial charge >= 0.3 is 0 Å². The number of hydrogen-bond donors (Lipinski definition) is 0. The molecule has 0 atom stereocenters. The number of carbonyl (C=O) groups excluding carboxylic acids is 2. The van der Waals surface area contributed by atoms with E-state index >= 15 is 0 Å². The Kier molecular flexibility index (Phi) is 7.56. The summed E-state index contributed by atoms with van der Waals surface area (Å²) in [5, 5.41) is 10.5. The Bertz CT molecular complexity index is 1380. The number of nitro groups is 1. The maximum atomic E-state index is 13.3. The first-order chi connectivity index (χ1) is 17.2. The van der Waals surface area contributed by atoms with E-state index in [1.807, 2.05) is 0 Å². The van der Waals surface area contributed by atoms with Crippen LogP contribution in [-0.2, 0) is 17.9 Å². The summed E-state index contributed by atoms with van der Waals surface area (Å²) in [7, 11) is 1.49. The molecule has 0 saturated carbocycles. The lowest BCUT2D eigenvalue weighted by atomic mass is 10.1. The summed E-state index contributed by atoms with van der Waals surface area (Å²) >= 11 is 6.83. The summed E-state index contributed by atoms with van der Waals surface area (Å²) in [6.07, 6.45) is 1.56. The number of nitrogens with zero attached hydrogens (tertiary/aromatic N) is 2. The van der Waals surface area contributed by atoms with E-state index in [4.69, 9.17) is 21.1 Å². The van der Waals surface area contributed by atoms with Crippen molar-refractivity contribution in [3.05, 3.63) is 103 Å². The number of halogens is 2. The van der Waals surface area contributed by atoms with Crippen molar-refractivity contribution in [2.45, 2.75) is 13.2 Å². The van der Waals surface area contributed by atoms with Crippen molar-refractivity contribution >= 4 is 46.3 Å². The number of imide groups is 1. The molecule has 36 heavy (non-hydrogen) atoms. The number of rotatable bonds is 8. The highest BCUT2D eigenvalue weighted by Gasteiger charge is 2.35. The molecule has 0 bridgehead atoms. The summed E-state index contributed by atoms with van der Waals surface area (Å²) in [4.78, 5) is 37.0. The fraction of sp³-hybridized carbons (Fsp3) is 0.120. The zero-order valence-corrected chi connectivity index (χ0v) is 20.3. The third-order valence-corrected chi connectivity index (χ3v) is 6.50. The molecule has 1 fully saturated rings. The van der Waals surface area contributed by atoms with Crippen molar-refractivity contribution in [1.82, 2.24) is 4.90 Å². The lowest BCUT2D eigenvalue weighted by Gasteiger charge is -2.13. The van der Waals surface area contributed by atoms with Gasteiger partial charge in [0.1, 0.15) is 12.4 Å². The summed E-state index contributed by atoms with van der Waals surface area (Å²) < 4.78 is 24.5. The molecule has 184 valence electrons. The molecule has 8 nitrogen and oxygen atoms in total. The van der Waals surface area contributed by atoms with Crippen molar-refractivity contribution in [3.8, 4) is 11.5 Å². The maximum absolute atomic E-state index is 13.3. The second-order valence-electron chi connectivity index (χ2n) is 7.63. The van der Waals surface area contributed by atoms with Gasteiger partial charge in [-0.2, -0.15) is 0 Å². The average molecular weight is 529 g/mol. The van der Waals surface area contributed by atoms with Gasteiger partial charge in [-0.3, -0.25) is 24.6 Å². The number of amides is 2. The molecule has 0 aliphatic carbocycles. The summed E-state index contributed by atoms with van der Waals surface area (Å²) in [6.45, 7) is 0.0556. The molecule has 0 unspecified atom stereocenters. The molecule has 1 aliphatic heterocycles. The molecule has 0 radical (unpaired) electrons. The van der Waals surface area contributed by atoms with E-state index < -0.39 is 21.9 Å². The van der Waals surface area contributed by atoms with Gasteiger partial charge in [0.25, 0.3) is 16.8 Å².